The van der Waals surface area contributed by atoms with Gasteiger partial charge in [0.2, 0.25) is 0 Å². The largest absolute Gasteiger partial charge is 0.462 e. The third-order valence-electron chi connectivity index (χ3n) is 2.62. The van der Waals surface area contributed by atoms with Crippen molar-refractivity contribution in [3.8, 4) is 6.07 Å². The highest BCUT2D eigenvalue weighted by Crippen LogP contribution is 2.37. The van der Waals surface area contributed by atoms with Gasteiger partial charge in [-0.15, -0.1) is 10.2 Å². The highest BCUT2D eigenvalue weighted by atomic mass is 32.2. The van der Waals surface area contributed by atoms with Gasteiger partial charge in [0.05, 0.1) is 17.7 Å². The molecule has 0 radical (unpaired) electrons. The SMILES string of the molecule is CCOC(=O)c1cc(C#N)c(Sc2nnc(SC)s2)nc1C(F)(F)F. The van der Waals surface area contributed by atoms with Gasteiger partial charge < -0.3 is 4.74 Å². The third-order valence-corrected chi connectivity index (χ3v) is 5.57. The first-order chi connectivity index (χ1) is 11.8. The summed E-state index contributed by atoms with van der Waals surface area (Å²) < 4.78 is 45.4. The molecular formula is C13H9F3N4O2S3. The molecule has 0 aliphatic carbocycles. The van der Waals surface area contributed by atoms with Crippen LogP contribution in [0.4, 0.5) is 13.2 Å². The van der Waals surface area contributed by atoms with Crippen LogP contribution in [-0.2, 0) is 10.9 Å². The van der Waals surface area contributed by atoms with Gasteiger partial charge in [-0.3, -0.25) is 0 Å². The molecule has 0 fully saturated rings. The molecule has 0 bridgehead atoms. The predicted molar refractivity (Wildman–Crippen MR) is 85.7 cm³/mol. The minimum Gasteiger partial charge on any atom is -0.462 e. The van der Waals surface area contributed by atoms with Crippen LogP contribution < -0.4 is 0 Å². The quantitative estimate of drug-likeness (QED) is 0.546. The summed E-state index contributed by atoms with van der Waals surface area (Å²) in [7, 11) is 0. The molecule has 0 aliphatic heterocycles. The van der Waals surface area contributed by atoms with Crippen LogP contribution in [0, 0.1) is 11.3 Å². The molecule has 0 N–H and O–H groups in total. The second-order valence-corrected chi connectivity index (χ2v) is 7.47. The number of pyridine rings is 1. The van der Waals surface area contributed by atoms with Crippen LogP contribution >= 0.6 is 34.9 Å². The first kappa shape index (κ1) is 19.5. The zero-order chi connectivity index (χ0) is 18.6. The van der Waals surface area contributed by atoms with Crippen molar-refractivity contribution in [3.63, 3.8) is 0 Å². The van der Waals surface area contributed by atoms with E-state index in [-0.39, 0.29) is 17.2 Å². The van der Waals surface area contributed by atoms with Gasteiger partial charge in [0.1, 0.15) is 11.1 Å². The zero-order valence-electron chi connectivity index (χ0n) is 12.7. The van der Waals surface area contributed by atoms with Gasteiger partial charge in [0, 0.05) is 0 Å². The van der Waals surface area contributed by atoms with Crippen LogP contribution in [-0.4, -0.2) is 34.0 Å². The zero-order valence-corrected chi connectivity index (χ0v) is 15.2. The van der Waals surface area contributed by atoms with Crippen molar-refractivity contribution in [1.29, 1.82) is 5.26 Å². The van der Waals surface area contributed by atoms with E-state index in [0.717, 1.165) is 29.2 Å². The molecule has 2 rings (SSSR count). The molecule has 25 heavy (non-hydrogen) atoms. The molecule has 2 heterocycles. The Morgan fingerprint density at radius 2 is 2.08 bits per heavy atom. The molecule has 0 amide bonds. The topological polar surface area (TPSA) is 88.8 Å². The maximum Gasteiger partial charge on any atom is 0.434 e. The number of esters is 1. The number of nitriles is 1. The average Bonchev–Trinajstić information content (AvgIpc) is 3.01. The first-order valence-corrected chi connectivity index (χ1v) is 9.40. The molecule has 0 spiro atoms. The predicted octanol–water partition coefficient (Wildman–Crippen LogP) is 3.87. The van der Waals surface area contributed by atoms with Crippen LogP contribution in [0.5, 0.6) is 0 Å². The van der Waals surface area contributed by atoms with E-state index in [2.05, 4.69) is 19.9 Å². The minimum atomic E-state index is -4.88. The molecule has 6 nitrogen and oxygen atoms in total. The smallest absolute Gasteiger partial charge is 0.434 e. The van der Waals surface area contributed by atoms with Crippen molar-refractivity contribution >= 4 is 40.8 Å². The highest BCUT2D eigenvalue weighted by molar-refractivity contribution is 8.03. The van der Waals surface area contributed by atoms with E-state index in [1.54, 1.807) is 12.3 Å². The van der Waals surface area contributed by atoms with Gasteiger partial charge in [-0.05, 0) is 31.0 Å². The molecule has 2 aromatic rings. The lowest BCUT2D eigenvalue weighted by molar-refractivity contribution is -0.142. The molecule has 0 aromatic carbocycles. The standard InChI is InChI=1S/C13H9F3N4O2S3/c1-3-22-10(21)7-4-6(5-17)9(18-8(7)13(14,15)16)24-12-20-19-11(23-2)25-12/h4H,3H2,1-2H3. The number of hydrogen-bond donors (Lipinski definition) is 0. The van der Waals surface area contributed by atoms with Crippen molar-refractivity contribution in [2.45, 2.75) is 26.8 Å². The number of thioether (sulfide) groups is 1. The lowest BCUT2D eigenvalue weighted by Crippen LogP contribution is -2.18. The Bertz CT molecular complexity index is 833. The summed E-state index contributed by atoms with van der Waals surface area (Å²) >= 11 is 3.28. The maximum absolute atomic E-state index is 13.3. The number of nitrogens with zero attached hydrogens (tertiary/aromatic N) is 4. The fraction of sp³-hybridized carbons (Fsp3) is 0.308. The average molecular weight is 406 g/mol. The lowest BCUT2D eigenvalue weighted by atomic mass is 10.1. The molecule has 132 valence electrons. The molecule has 0 saturated carbocycles. The summed E-state index contributed by atoms with van der Waals surface area (Å²) in [6.45, 7) is 1.36. The number of carbonyl (C=O) groups is 1. The lowest BCUT2D eigenvalue weighted by Gasteiger charge is -2.13. The summed E-state index contributed by atoms with van der Waals surface area (Å²) in [6, 6.07) is 2.59. The monoisotopic (exact) mass is 406 g/mol. The van der Waals surface area contributed by atoms with E-state index in [0.29, 0.717) is 8.68 Å². The summed E-state index contributed by atoms with van der Waals surface area (Å²) in [4.78, 5) is 15.3. The maximum atomic E-state index is 13.3. The molecule has 2 aromatic heterocycles. The molecule has 12 heteroatoms. The van der Waals surface area contributed by atoms with Crippen molar-refractivity contribution in [2.24, 2.45) is 0 Å². The summed E-state index contributed by atoms with van der Waals surface area (Å²) in [6.07, 6.45) is -3.10. The van der Waals surface area contributed by atoms with E-state index >= 15 is 0 Å². The van der Waals surface area contributed by atoms with Crippen molar-refractivity contribution in [2.75, 3.05) is 12.9 Å². The van der Waals surface area contributed by atoms with Gasteiger partial charge in [-0.25, -0.2) is 9.78 Å². The van der Waals surface area contributed by atoms with Crippen molar-refractivity contribution < 1.29 is 22.7 Å². The van der Waals surface area contributed by atoms with Crippen molar-refractivity contribution in [1.82, 2.24) is 15.2 Å². The second kappa shape index (κ2) is 8.03. The normalized spacial score (nSPS) is 11.2. The van der Waals surface area contributed by atoms with E-state index in [1.165, 1.54) is 18.7 Å². The van der Waals surface area contributed by atoms with Gasteiger partial charge >= 0.3 is 12.1 Å². The Morgan fingerprint density at radius 1 is 1.40 bits per heavy atom. The van der Waals surface area contributed by atoms with Gasteiger partial charge in [0.15, 0.2) is 14.4 Å². The molecular weight excluding hydrogens is 397 g/mol. The van der Waals surface area contributed by atoms with Gasteiger partial charge in [-0.2, -0.15) is 18.4 Å². The Balaban J connectivity index is 2.53. The van der Waals surface area contributed by atoms with Gasteiger partial charge in [-0.1, -0.05) is 23.1 Å². The number of carbonyl (C=O) groups excluding carboxylic acids is 1. The van der Waals surface area contributed by atoms with Crippen LogP contribution in [0.1, 0.15) is 28.5 Å². The molecule has 0 aliphatic rings. The fourth-order valence-corrected chi connectivity index (χ4v) is 4.04. The first-order valence-electron chi connectivity index (χ1n) is 6.55. The Morgan fingerprint density at radius 3 is 2.60 bits per heavy atom. The minimum absolute atomic E-state index is 0.100. The third kappa shape index (κ3) is 4.62. The number of halogens is 3. The number of aromatic nitrogens is 3. The van der Waals surface area contributed by atoms with Crippen LogP contribution in [0.3, 0.4) is 0 Å². The molecule has 0 atom stereocenters. The summed E-state index contributed by atoms with van der Waals surface area (Å²) in [5, 5.41) is 16.7. The van der Waals surface area contributed by atoms with E-state index < -0.39 is 23.4 Å². The van der Waals surface area contributed by atoms with E-state index in [1.807, 2.05) is 0 Å². The summed E-state index contributed by atoms with van der Waals surface area (Å²) in [5.74, 6) is -1.18. The Kier molecular flexibility index (Phi) is 6.26. The van der Waals surface area contributed by atoms with Gasteiger partial charge in [0.25, 0.3) is 0 Å². The molecule has 0 unspecified atom stereocenters. The summed E-state index contributed by atoms with van der Waals surface area (Å²) in [5.41, 5.74) is -2.37. The van der Waals surface area contributed by atoms with E-state index in [4.69, 9.17) is 0 Å². The second-order valence-electron chi connectivity index (χ2n) is 4.21. The fourth-order valence-electron chi connectivity index (χ4n) is 1.64. The van der Waals surface area contributed by atoms with E-state index in [9.17, 15) is 23.2 Å². The number of rotatable bonds is 5. The van der Waals surface area contributed by atoms with Crippen LogP contribution in [0.15, 0.2) is 19.8 Å². The highest BCUT2D eigenvalue weighted by Gasteiger charge is 2.39. The number of hydrogen-bond acceptors (Lipinski definition) is 9. The number of ether oxygens (including phenoxy) is 1. The number of alkyl halides is 3. The van der Waals surface area contributed by atoms with Crippen LogP contribution in [0.2, 0.25) is 0 Å². The Hall–Kier alpha value is -1.84. The Labute approximate surface area is 152 Å². The van der Waals surface area contributed by atoms with Crippen molar-refractivity contribution in [3.05, 3.63) is 22.9 Å². The molecule has 0 saturated heterocycles. The van der Waals surface area contributed by atoms with Crippen LogP contribution in [0.25, 0.3) is 0 Å².